The van der Waals surface area contributed by atoms with Gasteiger partial charge in [0.1, 0.15) is 0 Å². The van der Waals surface area contributed by atoms with Crippen molar-refractivity contribution in [2.75, 3.05) is 0 Å². The smallest absolute Gasteiger partial charge is 0.418 e. The Hall–Kier alpha value is -0.995. The van der Waals surface area contributed by atoms with E-state index in [2.05, 4.69) is 52.0 Å². The molecule has 5 heteroatoms. The average molecular weight is 248 g/mol. The Labute approximate surface area is 100 Å². The van der Waals surface area contributed by atoms with Gasteiger partial charge < -0.3 is 17.3 Å². The molecule has 97 valence electrons. The maximum Gasteiger partial charge on any atom is 0.673 e. The molecule has 0 fully saturated rings. The summed E-state index contributed by atoms with van der Waals surface area (Å²) in [6, 6.07) is 9.87. The Bertz CT molecular complexity index is 302. The highest BCUT2D eigenvalue weighted by Crippen LogP contribution is 2.19. The van der Waals surface area contributed by atoms with Crippen LogP contribution >= 0.6 is 0 Å². The first-order valence-corrected chi connectivity index (χ1v) is 5.50. The highest BCUT2D eigenvalue weighted by Gasteiger charge is 2.20. The maximum absolute atomic E-state index is 9.75. The summed E-state index contributed by atoms with van der Waals surface area (Å²) in [4.78, 5) is 0. The third-order valence-electron chi connectivity index (χ3n) is 2.08. The van der Waals surface area contributed by atoms with Crippen LogP contribution < -0.4 is 0 Å². The summed E-state index contributed by atoms with van der Waals surface area (Å²) in [5.41, 5.74) is 2.64. The molecule has 0 aliphatic carbocycles. The van der Waals surface area contributed by atoms with E-state index < -0.39 is 7.25 Å². The molecule has 1 radical (unpaired) electrons. The second-order valence-corrected chi connectivity index (χ2v) is 4.37. The summed E-state index contributed by atoms with van der Waals surface area (Å²) < 4.78 is 39.0. The Balaban J connectivity index is 0.000000437. The van der Waals surface area contributed by atoms with E-state index in [4.69, 9.17) is 0 Å². The lowest BCUT2D eigenvalue weighted by Gasteiger charge is -2.09. The van der Waals surface area contributed by atoms with Gasteiger partial charge in [0, 0.05) is 0 Å². The van der Waals surface area contributed by atoms with Crippen LogP contribution in [0.15, 0.2) is 18.2 Å². The molecule has 0 saturated heterocycles. The van der Waals surface area contributed by atoms with Crippen molar-refractivity contribution in [1.82, 2.24) is 0 Å². The number of hydrogen-bond acceptors (Lipinski definition) is 0. The molecular formula is C12H17BF4-. The third kappa shape index (κ3) is 8.78. The van der Waals surface area contributed by atoms with Gasteiger partial charge in [0.2, 0.25) is 0 Å². The van der Waals surface area contributed by atoms with Crippen LogP contribution in [-0.4, -0.2) is 7.25 Å². The van der Waals surface area contributed by atoms with Crippen LogP contribution in [0.4, 0.5) is 17.3 Å². The lowest BCUT2D eigenvalue weighted by atomic mass is 9.96. The minimum atomic E-state index is -6.00. The Morgan fingerprint density at radius 2 is 1.18 bits per heavy atom. The summed E-state index contributed by atoms with van der Waals surface area (Å²) in [6.07, 6.45) is 0. The van der Waals surface area contributed by atoms with E-state index in [9.17, 15) is 17.3 Å². The number of rotatable bonds is 2. The van der Waals surface area contributed by atoms with E-state index in [1.54, 1.807) is 0 Å². The molecule has 0 atom stereocenters. The zero-order valence-electron chi connectivity index (χ0n) is 10.5. The molecule has 0 saturated carbocycles. The van der Waals surface area contributed by atoms with Crippen molar-refractivity contribution in [2.45, 2.75) is 39.5 Å². The standard InChI is InChI=1S/C12H17.BF4/c1-9(2)11-6-5-7-12(8-11)10(3)4;2-1(3,4)5/h5-7,9-10H,1-4H3;/q;-1. The van der Waals surface area contributed by atoms with E-state index in [1.807, 2.05) is 0 Å². The summed E-state index contributed by atoms with van der Waals surface area (Å²) in [6.45, 7) is 8.82. The number of benzene rings is 1. The van der Waals surface area contributed by atoms with Crippen LogP contribution in [0.25, 0.3) is 0 Å². The van der Waals surface area contributed by atoms with E-state index in [0.717, 1.165) is 0 Å². The monoisotopic (exact) mass is 248 g/mol. The molecule has 0 nitrogen and oxygen atoms in total. The summed E-state index contributed by atoms with van der Waals surface area (Å²) in [7, 11) is -6.00. The predicted molar refractivity (Wildman–Crippen MR) is 63.6 cm³/mol. The molecule has 1 rings (SSSR count). The quantitative estimate of drug-likeness (QED) is 0.508. The second-order valence-electron chi connectivity index (χ2n) is 4.37. The predicted octanol–water partition coefficient (Wildman–Crippen LogP) is 5.03. The van der Waals surface area contributed by atoms with Crippen LogP contribution in [-0.2, 0) is 0 Å². The van der Waals surface area contributed by atoms with Gasteiger partial charge in [-0.15, -0.1) is 0 Å². The van der Waals surface area contributed by atoms with Gasteiger partial charge in [-0.1, -0.05) is 45.9 Å². The third-order valence-corrected chi connectivity index (χ3v) is 2.08. The van der Waals surface area contributed by atoms with Gasteiger partial charge >= 0.3 is 7.25 Å². The first-order valence-electron chi connectivity index (χ1n) is 5.50. The van der Waals surface area contributed by atoms with E-state index >= 15 is 0 Å². The van der Waals surface area contributed by atoms with Crippen LogP contribution in [0.3, 0.4) is 0 Å². The van der Waals surface area contributed by atoms with Crippen LogP contribution in [0.1, 0.15) is 50.7 Å². The van der Waals surface area contributed by atoms with Gasteiger partial charge in [0.15, 0.2) is 0 Å². The SMILES string of the molecule is CC(C)c1[c]c(C(C)C)ccc1.F[B-](F)(F)F. The Morgan fingerprint density at radius 1 is 0.882 bits per heavy atom. The first kappa shape index (κ1) is 16.0. The molecule has 0 N–H and O–H groups in total. The molecule has 17 heavy (non-hydrogen) atoms. The van der Waals surface area contributed by atoms with Gasteiger partial charge in [-0.25, -0.2) is 0 Å². The fourth-order valence-corrected chi connectivity index (χ4v) is 1.18. The molecule has 0 heterocycles. The van der Waals surface area contributed by atoms with Crippen LogP contribution in [0.2, 0.25) is 0 Å². The minimum Gasteiger partial charge on any atom is -0.418 e. The Kier molecular flexibility index (Phi) is 6.28. The fraction of sp³-hybridized carbons (Fsp3) is 0.500. The zero-order chi connectivity index (χ0) is 13.6. The molecule has 0 amide bonds. The van der Waals surface area contributed by atoms with E-state index in [0.29, 0.717) is 11.8 Å². The molecule has 0 aromatic heterocycles. The highest BCUT2D eigenvalue weighted by molar-refractivity contribution is 6.50. The van der Waals surface area contributed by atoms with Gasteiger partial charge in [-0.2, -0.15) is 0 Å². The zero-order valence-corrected chi connectivity index (χ0v) is 10.5. The molecule has 0 unspecified atom stereocenters. The topological polar surface area (TPSA) is 0 Å². The van der Waals surface area contributed by atoms with Crippen molar-refractivity contribution in [3.63, 3.8) is 0 Å². The van der Waals surface area contributed by atoms with Crippen LogP contribution in [0, 0.1) is 6.07 Å². The van der Waals surface area contributed by atoms with Crippen molar-refractivity contribution in [3.8, 4) is 0 Å². The van der Waals surface area contributed by atoms with Crippen molar-refractivity contribution in [3.05, 3.63) is 35.4 Å². The molecular weight excluding hydrogens is 231 g/mol. The lowest BCUT2D eigenvalue weighted by molar-refractivity contribution is 0.368. The van der Waals surface area contributed by atoms with Crippen molar-refractivity contribution >= 4 is 7.25 Å². The highest BCUT2D eigenvalue weighted by atomic mass is 19.5. The summed E-state index contributed by atoms with van der Waals surface area (Å²) in [5.74, 6) is 1.17. The van der Waals surface area contributed by atoms with Gasteiger partial charge in [-0.05, 0) is 29.0 Å². The molecule has 0 spiro atoms. The summed E-state index contributed by atoms with van der Waals surface area (Å²) >= 11 is 0. The Morgan fingerprint density at radius 3 is 1.41 bits per heavy atom. The maximum atomic E-state index is 9.75. The van der Waals surface area contributed by atoms with Crippen LogP contribution in [0.5, 0.6) is 0 Å². The lowest BCUT2D eigenvalue weighted by Crippen LogP contribution is -2.02. The van der Waals surface area contributed by atoms with Crippen molar-refractivity contribution in [2.24, 2.45) is 0 Å². The van der Waals surface area contributed by atoms with E-state index in [1.165, 1.54) is 11.1 Å². The molecule has 1 aromatic carbocycles. The molecule has 0 bridgehead atoms. The van der Waals surface area contributed by atoms with Gasteiger partial charge in [-0.3, -0.25) is 0 Å². The van der Waals surface area contributed by atoms with Gasteiger partial charge in [0.25, 0.3) is 0 Å². The molecule has 0 aliphatic rings. The molecule has 0 aliphatic heterocycles. The normalized spacial score (nSPS) is 11.4. The second kappa shape index (κ2) is 6.67. The first-order chi connectivity index (χ1) is 7.61. The summed E-state index contributed by atoms with van der Waals surface area (Å²) in [5, 5.41) is 0. The largest absolute Gasteiger partial charge is 0.673 e. The fourth-order valence-electron chi connectivity index (χ4n) is 1.18. The average Bonchev–Trinajstić information content (AvgIpc) is 2.15. The van der Waals surface area contributed by atoms with Gasteiger partial charge in [0.05, 0.1) is 0 Å². The number of hydrogen-bond donors (Lipinski definition) is 0. The van der Waals surface area contributed by atoms with Crippen molar-refractivity contribution in [1.29, 1.82) is 0 Å². The minimum absolute atomic E-state index is 0.587. The molecule has 1 aromatic rings. The van der Waals surface area contributed by atoms with E-state index in [-0.39, 0.29) is 0 Å². The number of halogens is 4. The van der Waals surface area contributed by atoms with Crippen molar-refractivity contribution < 1.29 is 17.3 Å².